The van der Waals surface area contributed by atoms with Gasteiger partial charge in [0, 0.05) is 30.2 Å². The summed E-state index contributed by atoms with van der Waals surface area (Å²) in [5, 5.41) is 0.789. The number of nitrogens with zero attached hydrogens (tertiary/aromatic N) is 1. The minimum Gasteiger partial charge on any atom is -0.493 e. The van der Waals surface area contributed by atoms with Crippen molar-refractivity contribution in [1.29, 1.82) is 0 Å². The first kappa shape index (κ1) is 23.3. The summed E-state index contributed by atoms with van der Waals surface area (Å²) >= 11 is 0. The second-order valence-corrected chi connectivity index (χ2v) is 7.02. The molecule has 0 aliphatic heterocycles. The highest BCUT2D eigenvalue weighted by molar-refractivity contribution is 6.06. The molecule has 0 radical (unpaired) electrons. The molecule has 8 nitrogen and oxygen atoms in total. The van der Waals surface area contributed by atoms with E-state index in [0.29, 0.717) is 40.9 Å². The lowest BCUT2D eigenvalue weighted by atomic mass is 10.0. The molecule has 0 atom stereocenters. The fourth-order valence-corrected chi connectivity index (χ4v) is 4.14. The smallest absolute Gasteiger partial charge is 0.203 e. The highest BCUT2D eigenvalue weighted by atomic mass is 16.7. The van der Waals surface area contributed by atoms with Gasteiger partial charge in [-0.15, -0.1) is 0 Å². The predicted octanol–water partition coefficient (Wildman–Crippen LogP) is 4.47. The van der Waals surface area contributed by atoms with E-state index in [1.165, 1.54) is 0 Å². The molecule has 1 heterocycles. The van der Waals surface area contributed by atoms with Crippen molar-refractivity contribution >= 4 is 17.2 Å². The van der Waals surface area contributed by atoms with Gasteiger partial charge in [0.1, 0.15) is 0 Å². The fourth-order valence-electron chi connectivity index (χ4n) is 4.14. The average molecular weight is 443 g/mol. The highest BCUT2D eigenvalue weighted by Crippen LogP contribution is 2.47. The Morgan fingerprint density at radius 2 is 1.47 bits per heavy atom. The minimum absolute atomic E-state index is 0.0410. The zero-order valence-electron chi connectivity index (χ0n) is 19.5. The molecule has 0 amide bonds. The predicted molar refractivity (Wildman–Crippen MR) is 122 cm³/mol. The van der Waals surface area contributed by atoms with Gasteiger partial charge in [0.25, 0.3) is 0 Å². The third-order valence-electron chi connectivity index (χ3n) is 5.44. The summed E-state index contributed by atoms with van der Waals surface area (Å²) in [5.74, 6) is 2.56. The summed E-state index contributed by atoms with van der Waals surface area (Å²) in [6.07, 6.45) is 0.830. The van der Waals surface area contributed by atoms with E-state index < -0.39 is 0 Å². The fraction of sp³-hybridized carbons (Fsp3) is 0.375. The molecule has 0 aliphatic carbocycles. The third kappa shape index (κ3) is 3.71. The van der Waals surface area contributed by atoms with Crippen molar-refractivity contribution in [3.8, 4) is 40.0 Å². The summed E-state index contributed by atoms with van der Waals surface area (Å²) in [5.41, 5.74) is 3.94. The van der Waals surface area contributed by atoms with Gasteiger partial charge in [-0.3, -0.25) is 4.79 Å². The largest absolute Gasteiger partial charge is 0.493 e. The van der Waals surface area contributed by atoms with Crippen molar-refractivity contribution in [2.75, 3.05) is 42.3 Å². The molecule has 1 aromatic heterocycles. The number of aromatic nitrogens is 1. The molecule has 3 aromatic rings. The van der Waals surface area contributed by atoms with Gasteiger partial charge in [0.2, 0.25) is 5.75 Å². The van der Waals surface area contributed by atoms with Crippen molar-refractivity contribution in [3.63, 3.8) is 0 Å². The van der Waals surface area contributed by atoms with E-state index in [1.54, 1.807) is 41.6 Å². The van der Waals surface area contributed by atoms with Gasteiger partial charge in [0.05, 0.1) is 39.6 Å². The molecule has 0 spiro atoms. The molecule has 3 rings (SSSR count). The van der Waals surface area contributed by atoms with E-state index >= 15 is 0 Å². The van der Waals surface area contributed by atoms with Gasteiger partial charge in [-0.25, -0.2) is 0 Å². The zero-order valence-corrected chi connectivity index (χ0v) is 19.5. The lowest BCUT2D eigenvalue weighted by molar-refractivity contribution is 0.0500. The molecule has 0 aliphatic rings. The van der Waals surface area contributed by atoms with Crippen molar-refractivity contribution in [2.45, 2.75) is 20.4 Å². The molecule has 8 heteroatoms. The molecular formula is C24H29NO7. The normalized spacial score (nSPS) is 10.8. The molecule has 2 aromatic carbocycles. The Balaban J connectivity index is 2.46. The molecule has 0 unspecified atom stereocenters. The average Bonchev–Trinajstić information content (AvgIpc) is 3.13. The Hall–Kier alpha value is -3.39. The van der Waals surface area contributed by atoms with Gasteiger partial charge in [-0.2, -0.15) is 0 Å². The number of ether oxygens (including phenoxy) is 6. The van der Waals surface area contributed by atoms with Crippen molar-refractivity contribution in [1.82, 2.24) is 4.57 Å². The maximum absolute atomic E-state index is 12.0. The topological polar surface area (TPSA) is 77.4 Å². The molecule has 0 bridgehead atoms. The van der Waals surface area contributed by atoms with Crippen LogP contribution >= 0.6 is 0 Å². The van der Waals surface area contributed by atoms with E-state index in [0.717, 1.165) is 34.0 Å². The Morgan fingerprint density at radius 3 is 1.94 bits per heavy atom. The number of rotatable bonds is 10. The number of methoxy groups -OCH3 is 5. The molecular weight excluding hydrogens is 414 g/mol. The summed E-state index contributed by atoms with van der Waals surface area (Å²) in [6.45, 7) is 4.66. The number of hydrogen-bond acceptors (Lipinski definition) is 7. The van der Waals surface area contributed by atoms with Gasteiger partial charge in [0.15, 0.2) is 36.1 Å². The van der Waals surface area contributed by atoms with E-state index in [1.807, 2.05) is 26.0 Å². The van der Waals surface area contributed by atoms with Crippen molar-refractivity contribution in [3.05, 3.63) is 29.3 Å². The summed E-state index contributed by atoms with van der Waals surface area (Å²) in [7, 11) is 7.82. The number of aryl methyl sites for hydroxylation is 2. The number of hydrogen-bond donors (Lipinski definition) is 0. The Morgan fingerprint density at radius 1 is 0.875 bits per heavy atom. The first-order valence-electron chi connectivity index (χ1n) is 10.1. The van der Waals surface area contributed by atoms with Crippen LogP contribution in [0, 0.1) is 6.92 Å². The standard InChI is InChI=1S/C24H29NO7/c1-8-25-21(15-9-17(28-4)23(31-7)18(10-15)29-5)14(2)20-16(12-26)11-19(30-6)24(22(20)25)32-13-27-3/h9-12H,8,13H2,1-7H3. The Bertz CT molecular complexity index is 1110. The van der Waals surface area contributed by atoms with Crippen LogP contribution in [0.5, 0.6) is 28.7 Å². The second kappa shape index (κ2) is 9.82. The lowest BCUT2D eigenvalue weighted by Gasteiger charge is -2.17. The van der Waals surface area contributed by atoms with Crippen LogP contribution in [0.25, 0.3) is 22.2 Å². The Labute approximate surface area is 187 Å². The maximum Gasteiger partial charge on any atom is 0.203 e. The summed E-state index contributed by atoms with van der Waals surface area (Å²) in [6, 6.07) is 5.47. The van der Waals surface area contributed by atoms with E-state index in [4.69, 9.17) is 28.4 Å². The highest BCUT2D eigenvalue weighted by Gasteiger charge is 2.26. The van der Waals surface area contributed by atoms with Crippen LogP contribution in [0.3, 0.4) is 0 Å². The van der Waals surface area contributed by atoms with Crippen molar-refractivity contribution in [2.24, 2.45) is 0 Å². The van der Waals surface area contributed by atoms with Gasteiger partial charge < -0.3 is 33.0 Å². The lowest BCUT2D eigenvalue weighted by Crippen LogP contribution is -2.05. The number of benzene rings is 2. The van der Waals surface area contributed by atoms with E-state index in [2.05, 4.69) is 4.57 Å². The van der Waals surface area contributed by atoms with Crippen LogP contribution in [0.2, 0.25) is 0 Å². The first-order valence-corrected chi connectivity index (χ1v) is 10.1. The van der Waals surface area contributed by atoms with Crippen LogP contribution in [0.15, 0.2) is 18.2 Å². The summed E-state index contributed by atoms with van der Waals surface area (Å²) < 4.78 is 35.2. The Kier molecular flexibility index (Phi) is 7.15. The van der Waals surface area contributed by atoms with E-state index in [9.17, 15) is 4.79 Å². The van der Waals surface area contributed by atoms with Crippen LogP contribution in [-0.2, 0) is 11.3 Å². The monoisotopic (exact) mass is 443 g/mol. The summed E-state index contributed by atoms with van der Waals surface area (Å²) in [4.78, 5) is 12.0. The number of carbonyl (C=O) groups is 1. The number of aldehydes is 1. The molecule has 0 saturated carbocycles. The van der Waals surface area contributed by atoms with Crippen LogP contribution in [0.4, 0.5) is 0 Å². The molecule has 0 N–H and O–H groups in total. The molecule has 32 heavy (non-hydrogen) atoms. The van der Waals surface area contributed by atoms with Gasteiger partial charge >= 0.3 is 0 Å². The van der Waals surface area contributed by atoms with Gasteiger partial charge in [-0.1, -0.05) is 0 Å². The zero-order chi connectivity index (χ0) is 23.4. The number of fused-ring (bicyclic) bond motifs is 1. The molecule has 172 valence electrons. The van der Waals surface area contributed by atoms with Crippen LogP contribution < -0.4 is 23.7 Å². The first-order chi connectivity index (χ1) is 15.5. The maximum atomic E-state index is 12.0. The minimum atomic E-state index is 0.0410. The molecule has 0 fully saturated rings. The van der Waals surface area contributed by atoms with Gasteiger partial charge in [-0.05, 0) is 37.6 Å². The van der Waals surface area contributed by atoms with Crippen LogP contribution in [-0.4, -0.2) is 53.2 Å². The second-order valence-electron chi connectivity index (χ2n) is 7.02. The van der Waals surface area contributed by atoms with Crippen LogP contribution in [0.1, 0.15) is 22.8 Å². The van der Waals surface area contributed by atoms with E-state index in [-0.39, 0.29) is 6.79 Å². The number of carbonyl (C=O) groups excluding carboxylic acids is 1. The van der Waals surface area contributed by atoms with Crippen molar-refractivity contribution < 1.29 is 33.2 Å². The molecule has 0 saturated heterocycles. The third-order valence-corrected chi connectivity index (χ3v) is 5.44. The SMILES string of the molecule is CCn1c(-c2cc(OC)c(OC)c(OC)c2)c(C)c2c(C=O)cc(OC)c(OCOC)c21. The quantitative estimate of drug-likeness (QED) is 0.338.